The lowest BCUT2D eigenvalue weighted by Crippen LogP contribution is -2.51. The van der Waals surface area contributed by atoms with Crippen LogP contribution in [0.15, 0.2) is 24.3 Å². The predicted octanol–water partition coefficient (Wildman–Crippen LogP) is 1.64. The Morgan fingerprint density at radius 2 is 1.78 bits per heavy atom. The minimum atomic E-state index is -3.38. The molecule has 2 rings (SSSR count). The highest BCUT2D eigenvalue weighted by Gasteiger charge is 2.48. The van der Waals surface area contributed by atoms with Gasteiger partial charge in [0.25, 0.3) is 0 Å². The maximum Gasteiger partial charge on any atom is 0.220 e. The third-order valence-corrected chi connectivity index (χ3v) is 6.19. The Bertz CT molecular complexity index is 507. The molecular formula is C13H19NO3S. The molecule has 1 aliphatic carbocycles. The molecule has 100 valence electrons. The van der Waals surface area contributed by atoms with Crippen molar-refractivity contribution in [1.29, 1.82) is 0 Å². The molecule has 4 nitrogen and oxygen atoms in total. The Balaban J connectivity index is 2.44. The maximum absolute atomic E-state index is 12.6. The van der Waals surface area contributed by atoms with E-state index in [0.29, 0.717) is 6.54 Å². The van der Waals surface area contributed by atoms with Crippen molar-refractivity contribution < 1.29 is 13.2 Å². The molecule has 1 saturated heterocycles. The lowest BCUT2D eigenvalue weighted by molar-refractivity contribution is -0.110. The van der Waals surface area contributed by atoms with Gasteiger partial charge in [0.15, 0.2) is 5.78 Å². The van der Waals surface area contributed by atoms with Crippen LogP contribution in [0.1, 0.15) is 33.6 Å². The molecular weight excluding hydrogens is 250 g/mol. The molecule has 0 aromatic carbocycles. The SMILES string of the molecule is CC(C)(C)S(=O)(=O)N1CCCC12C=CC(=O)C=C2. The first-order chi connectivity index (χ1) is 8.19. The summed E-state index contributed by atoms with van der Waals surface area (Å²) in [5.74, 6) is -0.0827. The first-order valence-corrected chi connectivity index (χ1v) is 7.58. The summed E-state index contributed by atoms with van der Waals surface area (Å²) in [5.41, 5.74) is -0.625. The van der Waals surface area contributed by atoms with Gasteiger partial charge in [-0.2, -0.15) is 4.31 Å². The van der Waals surface area contributed by atoms with Crippen molar-refractivity contribution in [3.8, 4) is 0 Å². The van der Waals surface area contributed by atoms with E-state index in [-0.39, 0.29) is 5.78 Å². The summed E-state index contributed by atoms with van der Waals surface area (Å²) in [6.07, 6.45) is 7.95. The molecule has 1 heterocycles. The Morgan fingerprint density at radius 3 is 2.28 bits per heavy atom. The molecule has 0 radical (unpaired) electrons. The molecule has 0 unspecified atom stereocenters. The zero-order valence-corrected chi connectivity index (χ0v) is 11.8. The summed E-state index contributed by atoms with van der Waals surface area (Å²) in [6.45, 7) is 5.63. The fraction of sp³-hybridized carbons (Fsp3) is 0.615. The molecule has 1 fully saturated rings. The minimum Gasteiger partial charge on any atom is -0.290 e. The lowest BCUT2D eigenvalue weighted by atomic mass is 9.92. The largest absolute Gasteiger partial charge is 0.290 e. The molecule has 0 N–H and O–H groups in total. The van der Waals surface area contributed by atoms with Crippen LogP contribution in [0.25, 0.3) is 0 Å². The first-order valence-electron chi connectivity index (χ1n) is 6.14. The predicted molar refractivity (Wildman–Crippen MR) is 70.6 cm³/mol. The lowest BCUT2D eigenvalue weighted by Gasteiger charge is -2.37. The number of sulfonamides is 1. The summed E-state index contributed by atoms with van der Waals surface area (Å²) in [6, 6.07) is 0. The van der Waals surface area contributed by atoms with Gasteiger partial charge in [0.1, 0.15) is 0 Å². The van der Waals surface area contributed by atoms with Crippen molar-refractivity contribution >= 4 is 15.8 Å². The summed E-state index contributed by atoms with van der Waals surface area (Å²) >= 11 is 0. The molecule has 5 heteroatoms. The van der Waals surface area contributed by atoms with E-state index < -0.39 is 20.3 Å². The van der Waals surface area contributed by atoms with Crippen LogP contribution in [0, 0.1) is 0 Å². The van der Waals surface area contributed by atoms with Gasteiger partial charge in [-0.3, -0.25) is 4.79 Å². The van der Waals surface area contributed by atoms with Gasteiger partial charge in [-0.1, -0.05) is 12.2 Å². The highest BCUT2D eigenvalue weighted by atomic mass is 32.2. The zero-order chi connectivity index (χ0) is 13.6. The van der Waals surface area contributed by atoms with E-state index >= 15 is 0 Å². The average molecular weight is 269 g/mol. The van der Waals surface area contributed by atoms with Gasteiger partial charge in [0, 0.05) is 6.54 Å². The van der Waals surface area contributed by atoms with Crippen molar-refractivity contribution in [2.24, 2.45) is 0 Å². The van der Waals surface area contributed by atoms with Gasteiger partial charge < -0.3 is 0 Å². The number of allylic oxidation sites excluding steroid dienone is 2. The molecule has 0 amide bonds. The van der Waals surface area contributed by atoms with E-state index in [4.69, 9.17) is 0 Å². The Labute approximate surface area is 108 Å². The fourth-order valence-electron chi connectivity index (χ4n) is 2.41. The van der Waals surface area contributed by atoms with E-state index in [2.05, 4.69) is 0 Å². The monoisotopic (exact) mass is 269 g/mol. The summed E-state index contributed by atoms with van der Waals surface area (Å²) in [4.78, 5) is 11.2. The maximum atomic E-state index is 12.6. The van der Waals surface area contributed by atoms with E-state index in [1.165, 1.54) is 12.2 Å². The number of carbonyl (C=O) groups is 1. The second kappa shape index (κ2) is 4.03. The van der Waals surface area contributed by atoms with Gasteiger partial charge in [0.2, 0.25) is 10.0 Å². The number of nitrogens with zero attached hydrogens (tertiary/aromatic N) is 1. The van der Waals surface area contributed by atoms with E-state index in [0.717, 1.165) is 12.8 Å². The quantitative estimate of drug-likeness (QED) is 0.727. The molecule has 18 heavy (non-hydrogen) atoms. The third-order valence-electron chi connectivity index (χ3n) is 3.54. The van der Waals surface area contributed by atoms with E-state index in [1.807, 2.05) is 0 Å². The smallest absolute Gasteiger partial charge is 0.220 e. The number of carbonyl (C=O) groups excluding carboxylic acids is 1. The number of rotatable bonds is 1. The molecule has 0 aromatic heterocycles. The first kappa shape index (κ1) is 13.5. The van der Waals surface area contributed by atoms with Gasteiger partial charge >= 0.3 is 0 Å². The third kappa shape index (κ3) is 1.95. The van der Waals surface area contributed by atoms with E-state index in [1.54, 1.807) is 37.2 Å². The number of ketones is 1. The Kier molecular flexibility index (Phi) is 3.02. The van der Waals surface area contributed by atoms with Crippen LogP contribution in [-0.2, 0) is 14.8 Å². The van der Waals surface area contributed by atoms with Crippen molar-refractivity contribution in [2.75, 3.05) is 6.54 Å². The van der Waals surface area contributed by atoms with E-state index in [9.17, 15) is 13.2 Å². The molecule has 0 saturated carbocycles. The van der Waals surface area contributed by atoms with Gasteiger partial charge in [-0.15, -0.1) is 0 Å². The Hall–Kier alpha value is -0.940. The van der Waals surface area contributed by atoms with Crippen LogP contribution in [0.2, 0.25) is 0 Å². The summed E-state index contributed by atoms with van der Waals surface area (Å²) < 4.78 is 25.9. The molecule has 0 atom stereocenters. The van der Waals surface area contributed by atoms with Crippen molar-refractivity contribution in [2.45, 2.75) is 43.9 Å². The average Bonchev–Trinajstić information content (AvgIpc) is 2.66. The molecule has 2 aliphatic rings. The van der Waals surface area contributed by atoms with Crippen molar-refractivity contribution in [1.82, 2.24) is 4.31 Å². The topological polar surface area (TPSA) is 54.5 Å². The molecule has 0 aromatic rings. The number of hydrogen-bond acceptors (Lipinski definition) is 3. The van der Waals surface area contributed by atoms with Crippen LogP contribution >= 0.6 is 0 Å². The standard InChI is InChI=1S/C13H19NO3S/c1-12(2,3)18(16,17)14-10-4-7-13(14)8-5-11(15)6-9-13/h5-6,8-9H,4,7,10H2,1-3H3. The van der Waals surface area contributed by atoms with Crippen LogP contribution in [0.5, 0.6) is 0 Å². The van der Waals surface area contributed by atoms with Crippen molar-refractivity contribution in [3.05, 3.63) is 24.3 Å². The molecule has 1 aliphatic heterocycles. The summed E-state index contributed by atoms with van der Waals surface area (Å²) in [5, 5.41) is 0. The normalized spacial score (nSPS) is 24.1. The molecule has 1 spiro atoms. The highest BCUT2D eigenvalue weighted by molar-refractivity contribution is 7.90. The van der Waals surface area contributed by atoms with Crippen molar-refractivity contribution in [3.63, 3.8) is 0 Å². The van der Waals surface area contributed by atoms with Gasteiger partial charge in [-0.25, -0.2) is 8.42 Å². The van der Waals surface area contributed by atoms with Crippen LogP contribution in [0.3, 0.4) is 0 Å². The van der Waals surface area contributed by atoms with Crippen LogP contribution in [-0.4, -0.2) is 35.3 Å². The highest BCUT2D eigenvalue weighted by Crippen LogP contribution is 2.39. The second-order valence-corrected chi connectivity index (χ2v) is 8.47. The van der Waals surface area contributed by atoms with Gasteiger partial charge in [0.05, 0.1) is 10.3 Å². The van der Waals surface area contributed by atoms with Crippen LogP contribution < -0.4 is 0 Å². The number of hydrogen-bond donors (Lipinski definition) is 0. The van der Waals surface area contributed by atoms with Crippen LogP contribution in [0.4, 0.5) is 0 Å². The zero-order valence-electron chi connectivity index (χ0n) is 11.0. The second-order valence-electron chi connectivity index (χ2n) is 5.85. The molecule has 0 bridgehead atoms. The minimum absolute atomic E-state index is 0.0827. The van der Waals surface area contributed by atoms with Gasteiger partial charge in [-0.05, 0) is 45.8 Å². The fourth-order valence-corrected chi connectivity index (χ4v) is 4.10. The Morgan fingerprint density at radius 1 is 1.22 bits per heavy atom. The summed E-state index contributed by atoms with van der Waals surface area (Å²) in [7, 11) is -3.38.